The number of hydrogen-bond acceptors (Lipinski definition) is 6. The lowest BCUT2D eigenvalue weighted by Gasteiger charge is -2.14. The van der Waals surface area contributed by atoms with Crippen molar-refractivity contribution in [2.75, 3.05) is 17.1 Å². The van der Waals surface area contributed by atoms with Crippen LogP contribution in [0.15, 0.2) is 53.7 Å². The van der Waals surface area contributed by atoms with E-state index in [9.17, 15) is 9.18 Å². The van der Waals surface area contributed by atoms with E-state index in [-0.39, 0.29) is 5.82 Å². The second-order valence-corrected chi connectivity index (χ2v) is 6.90. The first-order valence-corrected chi connectivity index (χ1v) is 9.32. The van der Waals surface area contributed by atoms with E-state index in [1.165, 1.54) is 31.2 Å². The molecule has 6 nitrogen and oxygen atoms in total. The molecule has 144 valence electrons. The standard InChI is InChI=1S/C19H16ClFN4O2S/c1-11-15(12-7-8-22-16(9-12)24-19(26)27-2)10-23-18(20)17(11)25-28-14-5-3-13(21)4-6-14/h3-10,25H,1-2H3,(H,22,24,26). The lowest BCUT2D eigenvalue weighted by Crippen LogP contribution is -2.12. The fourth-order valence-corrected chi connectivity index (χ4v) is 3.45. The Labute approximate surface area is 170 Å². The Kier molecular flexibility index (Phi) is 6.33. The molecule has 0 saturated carbocycles. The van der Waals surface area contributed by atoms with Crippen molar-refractivity contribution in [2.45, 2.75) is 11.8 Å². The molecule has 3 aromatic rings. The molecule has 0 fully saturated rings. The summed E-state index contributed by atoms with van der Waals surface area (Å²) in [5.41, 5.74) is 3.14. The van der Waals surface area contributed by atoms with Gasteiger partial charge in [0.1, 0.15) is 11.6 Å². The van der Waals surface area contributed by atoms with Gasteiger partial charge >= 0.3 is 6.09 Å². The number of nitrogens with one attached hydrogen (secondary N) is 2. The van der Waals surface area contributed by atoms with Crippen LogP contribution in [0.2, 0.25) is 5.15 Å². The van der Waals surface area contributed by atoms with Gasteiger partial charge in [-0.15, -0.1) is 0 Å². The van der Waals surface area contributed by atoms with Crippen molar-refractivity contribution in [3.8, 4) is 11.1 Å². The summed E-state index contributed by atoms with van der Waals surface area (Å²) in [6.07, 6.45) is 2.63. The number of anilines is 2. The average molecular weight is 419 g/mol. The highest BCUT2D eigenvalue weighted by atomic mass is 35.5. The third-order valence-electron chi connectivity index (χ3n) is 3.86. The van der Waals surface area contributed by atoms with Crippen LogP contribution in [0.25, 0.3) is 11.1 Å². The van der Waals surface area contributed by atoms with Crippen LogP contribution in [0.1, 0.15) is 5.56 Å². The summed E-state index contributed by atoms with van der Waals surface area (Å²) >= 11 is 7.57. The van der Waals surface area contributed by atoms with E-state index >= 15 is 0 Å². The first kappa shape index (κ1) is 19.9. The largest absolute Gasteiger partial charge is 0.453 e. The van der Waals surface area contributed by atoms with E-state index in [1.807, 2.05) is 6.92 Å². The quantitative estimate of drug-likeness (QED) is 0.418. The van der Waals surface area contributed by atoms with E-state index in [1.54, 1.807) is 36.7 Å². The predicted octanol–water partition coefficient (Wildman–Crippen LogP) is 5.54. The zero-order valence-electron chi connectivity index (χ0n) is 15.0. The van der Waals surface area contributed by atoms with Crippen molar-refractivity contribution >= 4 is 41.1 Å². The summed E-state index contributed by atoms with van der Waals surface area (Å²) in [4.78, 5) is 20.6. The van der Waals surface area contributed by atoms with Crippen LogP contribution in [0.3, 0.4) is 0 Å². The Morgan fingerprint density at radius 2 is 1.96 bits per heavy atom. The molecule has 0 atom stereocenters. The van der Waals surface area contributed by atoms with Gasteiger partial charge in [-0.05, 0) is 66.4 Å². The molecule has 0 aliphatic heterocycles. The number of methoxy groups -OCH3 is 1. The molecule has 3 rings (SSSR count). The molecule has 0 spiro atoms. The summed E-state index contributed by atoms with van der Waals surface area (Å²) in [6, 6.07) is 9.63. The number of benzene rings is 1. The highest BCUT2D eigenvalue weighted by molar-refractivity contribution is 8.00. The molecule has 0 radical (unpaired) electrons. The molecule has 0 saturated heterocycles. The Morgan fingerprint density at radius 1 is 1.21 bits per heavy atom. The number of carbonyl (C=O) groups excluding carboxylic acids is 1. The number of nitrogens with zero attached hydrogens (tertiary/aromatic N) is 2. The van der Waals surface area contributed by atoms with E-state index in [4.69, 9.17) is 11.6 Å². The van der Waals surface area contributed by atoms with E-state index in [0.29, 0.717) is 16.7 Å². The van der Waals surface area contributed by atoms with Crippen molar-refractivity contribution in [3.05, 3.63) is 65.3 Å². The molecular formula is C19H16ClFN4O2S. The lowest BCUT2D eigenvalue weighted by molar-refractivity contribution is 0.187. The number of ether oxygens (including phenoxy) is 1. The van der Waals surface area contributed by atoms with Crippen LogP contribution < -0.4 is 10.0 Å². The van der Waals surface area contributed by atoms with Crippen LogP contribution in [-0.2, 0) is 4.74 Å². The number of halogens is 2. The second-order valence-electron chi connectivity index (χ2n) is 5.67. The van der Waals surface area contributed by atoms with Crippen LogP contribution in [-0.4, -0.2) is 23.2 Å². The number of carbonyl (C=O) groups is 1. The van der Waals surface area contributed by atoms with Crippen molar-refractivity contribution in [2.24, 2.45) is 0 Å². The summed E-state index contributed by atoms with van der Waals surface area (Å²) < 4.78 is 20.8. The Hall–Kier alpha value is -2.84. The van der Waals surface area contributed by atoms with Crippen LogP contribution in [0.5, 0.6) is 0 Å². The molecule has 0 aliphatic carbocycles. The van der Waals surface area contributed by atoms with Gasteiger partial charge in [-0.1, -0.05) is 11.6 Å². The van der Waals surface area contributed by atoms with E-state index < -0.39 is 6.09 Å². The molecular weight excluding hydrogens is 403 g/mol. The third kappa shape index (κ3) is 4.71. The minimum absolute atomic E-state index is 0.295. The first-order valence-electron chi connectivity index (χ1n) is 8.13. The van der Waals surface area contributed by atoms with Gasteiger partial charge in [0.15, 0.2) is 5.15 Å². The van der Waals surface area contributed by atoms with Crippen molar-refractivity contribution < 1.29 is 13.9 Å². The average Bonchev–Trinajstić information content (AvgIpc) is 2.69. The molecule has 2 aromatic heterocycles. The monoisotopic (exact) mass is 418 g/mol. The lowest BCUT2D eigenvalue weighted by atomic mass is 10.0. The van der Waals surface area contributed by atoms with Crippen LogP contribution in [0.4, 0.5) is 20.7 Å². The molecule has 28 heavy (non-hydrogen) atoms. The van der Waals surface area contributed by atoms with Gasteiger partial charge in [0.05, 0.1) is 12.8 Å². The van der Waals surface area contributed by atoms with E-state index in [2.05, 4.69) is 24.7 Å². The zero-order valence-corrected chi connectivity index (χ0v) is 16.6. The normalized spacial score (nSPS) is 10.4. The molecule has 0 unspecified atom stereocenters. The number of amides is 1. The van der Waals surface area contributed by atoms with Crippen LogP contribution >= 0.6 is 23.5 Å². The third-order valence-corrected chi connectivity index (χ3v) is 4.96. The molecule has 0 aliphatic rings. The van der Waals surface area contributed by atoms with Crippen LogP contribution in [0, 0.1) is 12.7 Å². The van der Waals surface area contributed by atoms with Gasteiger partial charge in [0.2, 0.25) is 0 Å². The molecule has 0 bridgehead atoms. The molecule has 2 N–H and O–H groups in total. The minimum Gasteiger partial charge on any atom is -0.453 e. The smallest absolute Gasteiger partial charge is 0.412 e. The molecule has 1 amide bonds. The molecule has 1 aromatic carbocycles. The fourth-order valence-electron chi connectivity index (χ4n) is 2.42. The molecule has 2 heterocycles. The number of pyridine rings is 2. The molecule has 9 heteroatoms. The number of rotatable bonds is 5. The van der Waals surface area contributed by atoms with Crippen molar-refractivity contribution in [3.63, 3.8) is 0 Å². The fraction of sp³-hybridized carbons (Fsp3) is 0.105. The maximum Gasteiger partial charge on any atom is 0.412 e. The Bertz CT molecular complexity index is 1000. The number of hydrogen-bond donors (Lipinski definition) is 2. The Balaban J connectivity index is 1.87. The maximum atomic E-state index is 13.1. The predicted molar refractivity (Wildman–Crippen MR) is 109 cm³/mol. The van der Waals surface area contributed by atoms with Gasteiger partial charge in [-0.25, -0.2) is 19.2 Å². The topological polar surface area (TPSA) is 76.1 Å². The summed E-state index contributed by atoms with van der Waals surface area (Å²) in [5.74, 6) is 0.0604. The highest BCUT2D eigenvalue weighted by Gasteiger charge is 2.13. The van der Waals surface area contributed by atoms with Gasteiger partial charge < -0.3 is 9.46 Å². The van der Waals surface area contributed by atoms with Crippen molar-refractivity contribution in [1.29, 1.82) is 0 Å². The van der Waals surface area contributed by atoms with E-state index in [0.717, 1.165) is 21.6 Å². The van der Waals surface area contributed by atoms with Gasteiger partial charge in [-0.2, -0.15) is 0 Å². The van der Waals surface area contributed by atoms with Gasteiger partial charge in [0.25, 0.3) is 0 Å². The summed E-state index contributed by atoms with van der Waals surface area (Å²) in [5, 5.41) is 2.85. The summed E-state index contributed by atoms with van der Waals surface area (Å²) in [6.45, 7) is 1.91. The maximum absolute atomic E-state index is 13.1. The Morgan fingerprint density at radius 3 is 2.68 bits per heavy atom. The van der Waals surface area contributed by atoms with Gasteiger partial charge in [0, 0.05) is 22.9 Å². The minimum atomic E-state index is -0.603. The van der Waals surface area contributed by atoms with Crippen molar-refractivity contribution in [1.82, 2.24) is 9.97 Å². The second kappa shape index (κ2) is 8.90. The zero-order chi connectivity index (χ0) is 20.1. The number of aromatic nitrogens is 2. The highest BCUT2D eigenvalue weighted by Crippen LogP contribution is 2.35. The van der Waals surface area contributed by atoms with Gasteiger partial charge in [-0.3, -0.25) is 5.32 Å². The first-order chi connectivity index (χ1) is 13.5. The summed E-state index contributed by atoms with van der Waals surface area (Å²) in [7, 11) is 1.28. The SMILES string of the molecule is COC(=O)Nc1cc(-c2cnc(Cl)c(NSc3ccc(F)cc3)c2C)ccn1.